The fourth-order valence-electron chi connectivity index (χ4n) is 1.40. The summed E-state index contributed by atoms with van der Waals surface area (Å²) in [7, 11) is 0. The molecule has 6 heteroatoms. The van der Waals surface area contributed by atoms with E-state index in [4.69, 9.17) is 4.74 Å². The zero-order valence-corrected chi connectivity index (χ0v) is 10.2. The van der Waals surface area contributed by atoms with Gasteiger partial charge in [-0.3, -0.25) is 10.1 Å². The molecule has 1 aromatic carbocycles. The summed E-state index contributed by atoms with van der Waals surface area (Å²) < 4.78 is 4.78. The van der Waals surface area contributed by atoms with Gasteiger partial charge < -0.3 is 10.1 Å². The molecule has 1 fully saturated rings. The second kappa shape index (κ2) is 5.99. The van der Waals surface area contributed by atoms with Gasteiger partial charge >= 0.3 is 12.0 Å². The molecule has 1 aromatic rings. The quantitative estimate of drug-likeness (QED) is 0.787. The summed E-state index contributed by atoms with van der Waals surface area (Å²) in [4.78, 5) is 34.1. The molecule has 6 nitrogen and oxygen atoms in total. The number of urea groups is 1. The van der Waals surface area contributed by atoms with E-state index in [0.717, 1.165) is 12.8 Å². The smallest absolute Gasteiger partial charge is 0.338 e. The summed E-state index contributed by atoms with van der Waals surface area (Å²) >= 11 is 0. The Bertz CT molecular complexity index is 483. The Labute approximate surface area is 110 Å². The van der Waals surface area contributed by atoms with Gasteiger partial charge in [0.25, 0.3) is 5.91 Å². The van der Waals surface area contributed by atoms with Crippen molar-refractivity contribution in [3.05, 3.63) is 35.9 Å². The highest BCUT2D eigenvalue weighted by Gasteiger charge is 2.24. The molecule has 1 aliphatic rings. The molecule has 2 N–H and O–H groups in total. The van der Waals surface area contributed by atoms with Crippen molar-refractivity contribution in [2.45, 2.75) is 18.9 Å². The van der Waals surface area contributed by atoms with Gasteiger partial charge in [-0.25, -0.2) is 9.59 Å². The van der Waals surface area contributed by atoms with Gasteiger partial charge in [0.15, 0.2) is 6.61 Å². The molecular weight excluding hydrogens is 248 g/mol. The lowest BCUT2D eigenvalue weighted by Gasteiger charge is -2.06. The lowest BCUT2D eigenvalue weighted by atomic mass is 10.2. The van der Waals surface area contributed by atoms with Crippen LogP contribution in [0.3, 0.4) is 0 Å². The molecule has 0 aromatic heterocycles. The van der Waals surface area contributed by atoms with Gasteiger partial charge in [0, 0.05) is 6.04 Å². The number of ether oxygens (including phenoxy) is 1. The van der Waals surface area contributed by atoms with E-state index in [9.17, 15) is 14.4 Å². The topological polar surface area (TPSA) is 84.5 Å². The Morgan fingerprint density at radius 1 is 1.16 bits per heavy atom. The van der Waals surface area contributed by atoms with E-state index >= 15 is 0 Å². The maximum Gasteiger partial charge on any atom is 0.338 e. The third kappa shape index (κ3) is 4.42. The van der Waals surface area contributed by atoms with E-state index in [1.165, 1.54) is 0 Å². The number of imide groups is 1. The first-order chi connectivity index (χ1) is 9.15. The average molecular weight is 262 g/mol. The number of carbonyl (C=O) groups excluding carboxylic acids is 3. The molecule has 3 amide bonds. The van der Waals surface area contributed by atoms with Gasteiger partial charge in [0.2, 0.25) is 0 Å². The van der Waals surface area contributed by atoms with Crippen LogP contribution in [0.25, 0.3) is 0 Å². The minimum atomic E-state index is -0.651. The lowest BCUT2D eigenvalue weighted by molar-refractivity contribution is -0.123. The van der Waals surface area contributed by atoms with Crippen LogP contribution in [-0.2, 0) is 9.53 Å². The van der Waals surface area contributed by atoms with Gasteiger partial charge in [-0.1, -0.05) is 18.2 Å². The van der Waals surface area contributed by atoms with Gasteiger partial charge in [-0.2, -0.15) is 0 Å². The molecule has 2 rings (SSSR count). The van der Waals surface area contributed by atoms with Crippen LogP contribution in [0.15, 0.2) is 30.3 Å². The number of hydrogen-bond donors (Lipinski definition) is 2. The molecule has 0 atom stereocenters. The fourth-order valence-corrected chi connectivity index (χ4v) is 1.40. The van der Waals surface area contributed by atoms with E-state index in [1.807, 2.05) is 0 Å². The SMILES string of the molecule is O=C(COC(=O)c1ccccc1)NC(=O)NC1CC1. The van der Waals surface area contributed by atoms with Crippen molar-refractivity contribution >= 4 is 17.9 Å². The molecule has 0 bridgehead atoms. The number of amides is 3. The number of esters is 1. The summed E-state index contributed by atoms with van der Waals surface area (Å²) in [5.74, 6) is -1.25. The lowest BCUT2D eigenvalue weighted by Crippen LogP contribution is -2.42. The van der Waals surface area contributed by atoms with E-state index in [1.54, 1.807) is 30.3 Å². The van der Waals surface area contributed by atoms with E-state index < -0.39 is 24.5 Å². The minimum absolute atomic E-state index is 0.166. The maximum atomic E-state index is 11.5. The summed E-state index contributed by atoms with van der Waals surface area (Å²) in [6, 6.07) is 7.94. The van der Waals surface area contributed by atoms with Crippen LogP contribution in [0.5, 0.6) is 0 Å². The maximum absolute atomic E-state index is 11.5. The van der Waals surface area contributed by atoms with Gasteiger partial charge in [0.05, 0.1) is 5.56 Å². The van der Waals surface area contributed by atoms with E-state index in [0.29, 0.717) is 5.56 Å². The fraction of sp³-hybridized carbons (Fsp3) is 0.308. The van der Waals surface area contributed by atoms with Crippen LogP contribution < -0.4 is 10.6 Å². The molecular formula is C13H14N2O4. The number of nitrogens with one attached hydrogen (secondary N) is 2. The highest BCUT2D eigenvalue weighted by atomic mass is 16.5. The molecule has 1 aliphatic carbocycles. The second-order valence-corrected chi connectivity index (χ2v) is 4.24. The second-order valence-electron chi connectivity index (χ2n) is 4.24. The highest BCUT2D eigenvalue weighted by Crippen LogP contribution is 2.18. The van der Waals surface area contributed by atoms with Crippen LogP contribution in [0.4, 0.5) is 4.79 Å². The molecule has 0 spiro atoms. The summed E-state index contributed by atoms with van der Waals surface area (Å²) in [5.41, 5.74) is 0.359. The zero-order valence-electron chi connectivity index (χ0n) is 10.2. The first-order valence-electron chi connectivity index (χ1n) is 5.97. The number of carbonyl (C=O) groups is 3. The van der Waals surface area contributed by atoms with E-state index in [2.05, 4.69) is 10.6 Å². The third-order valence-electron chi connectivity index (χ3n) is 2.51. The Hall–Kier alpha value is -2.37. The zero-order chi connectivity index (χ0) is 13.7. The Morgan fingerprint density at radius 3 is 2.47 bits per heavy atom. The molecule has 0 aliphatic heterocycles. The minimum Gasteiger partial charge on any atom is -0.452 e. The predicted molar refractivity (Wildman–Crippen MR) is 66.4 cm³/mol. The normalized spacial score (nSPS) is 13.5. The largest absolute Gasteiger partial charge is 0.452 e. The van der Waals surface area contributed by atoms with Crippen molar-refractivity contribution in [3.63, 3.8) is 0 Å². The Kier molecular flexibility index (Phi) is 4.12. The number of hydrogen-bond acceptors (Lipinski definition) is 4. The first kappa shape index (κ1) is 13.1. The highest BCUT2D eigenvalue weighted by molar-refractivity contribution is 5.97. The van der Waals surface area contributed by atoms with Crippen LogP contribution in [0, 0.1) is 0 Å². The van der Waals surface area contributed by atoms with Crippen LogP contribution >= 0.6 is 0 Å². The summed E-state index contributed by atoms with van der Waals surface area (Å²) in [5, 5.41) is 4.68. The van der Waals surface area contributed by atoms with Gasteiger partial charge in [-0.05, 0) is 25.0 Å². The van der Waals surface area contributed by atoms with Gasteiger partial charge in [0.1, 0.15) is 0 Å². The van der Waals surface area contributed by atoms with Crippen molar-refractivity contribution in [2.75, 3.05) is 6.61 Å². The third-order valence-corrected chi connectivity index (χ3v) is 2.51. The van der Waals surface area contributed by atoms with Crippen LogP contribution in [0.2, 0.25) is 0 Å². The molecule has 0 radical (unpaired) electrons. The van der Waals surface area contributed by atoms with Gasteiger partial charge in [-0.15, -0.1) is 0 Å². The van der Waals surface area contributed by atoms with Crippen LogP contribution in [0.1, 0.15) is 23.2 Å². The number of rotatable bonds is 4. The molecule has 100 valence electrons. The van der Waals surface area contributed by atoms with Crippen molar-refractivity contribution in [1.82, 2.24) is 10.6 Å². The standard InChI is InChI=1S/C13H14N2O4/c16-11(15-13(18)14-10-6-7-10)8-19-12(17)9-4-2-1-3-5-9/h1-5,10H,6-8H2,(H2,14,15,16,18). The predicted octanol–water partition coefficient (Wildman–Crippen LogP) is 0.832. The van der Waals surface area contributed by atoms with Crippen LogP contribution in [-0.4, -0.2) is 30.6 Å². The molecule has 0 saturated heterocycles. The molecule has 0 unspecified atom stereocenters. The van der Waals surface area contributed by atoms with Crippen molar-refractivity contribution in [3.8, 4) is 0 Å². The molecule has 19 heavy (non-hydrogen) atoms. The summed E-state index contributed by atoms with van der Waals surface area (Å²) in [6.07, 6.45) is 1.87. The number of benzene rings is 1. The molecule has 0 heterocycles. The Morgan fingerprint density at radius 2 is 1.84 bits per heavy atom. The first-order valence-corrected chi connectivity index (χ1v) is 5.97. The van der Waals surface area contributed by atoms with E-state index in [-0.39, 0.29) is 6.04 Å². The summed E-state index contributed by atoms with van der Waals surface area (Å²) in [6.45, 7) is -0.480. The van der Waals surface area contributed by atoms with Crippen molar-refractivity contribution in [2.24, 2.45) is 0 Å². The Balaban J connectivity index is 1.70. The molecule has 1 saturated carbocycles. The monoisotopic (exact) mass is 262 g/mol. The van der Waals surface area contributed by atoms with Crippen molar-refractivity contribution < 1.29 is 19.1 Å². The van der Waals surface area contributed by atoms with Crippen molar-refractivity contribution in [1.29, 1.82) is 0 Å². The average Bonchev–Trinajstić information content (AvgIpc) is 3.20.